The minimum atomic E-state index is -0.620. The minimum Gasteiger partial charge on any atom is -0.481 e. The number of aliphatic carboxylic acids is 1. The van der Waals surface area contributed by atoms with Gasteiger partial charge in [-0.1, -0.05) is 26.2 Å². The van der Waals surface area contributed by atoms with Crippen molar-refractivity contribution in [2.45, 2.75) is 77.4 Å². The van der Waals surface area contributed by atoms with Crippen molar-refractivity contribution >= 4 is 5.97 Å². The van der Waals surface area contributed by atoms with Crippen LogP contribution in [0.15, 0.2) is 0 Å². The van der Waals surface area contributed by atoms with E-state index in [4.69, 9.17) is 4.74 Å². The molecule has 0 spiro atoms. The third-order valence-electron chi connectivity index (χ3n) is 6.05. The number of hydrogen-bond acceptors (Lipinski definition) is 2. The van der Waals surface area contributed by atoms with E-state index in [2.05, 4.69) is 6.92 Å². The maximum atomic E-state index is 11.7. The van der Waals surface area contributed by atoms with Gasteiger partial charge >= 0.3 is 5.97 Å². The Balaban J connectivity index is 1.78. The third kappa shape index (κ3) is 2.31. The van der Waals surface area contributed by atoms with E-state index in [9.17, 15) is 9.90 Å². The van der Waals surface area contributed by atoms with Crippen LogP contribution in [-0.2, 0) is 9.53 Å². The van der Waals surface area contributed by atoms with Crippen LogP contribution in [0.1, 0.15) is 65.2 Å². The molecule has 2 saturated carbocycles. The summed E-state index contributed by atoms with van der Waals surface area (Å²) in [5.41, 5.74) is -0.231. The van der Waals surface area contributed by atoms with Crippen molar-refractivity contribution < 1.29 is 14.6 Å². The van der Waals surface area contributed by atoms with Crippen molar-refractivity contribution in [3.63, 3.8) is 0 Å². The van der Waals surface area contributed by atoms with Crippen LogP contribution in [0.3, 0.4) is 0 Å². The maximum absolute atomic E-state index is 11.7. The van der Waals surface area contributed by atoms with Crippen LogP contribution >= 0.6 is 0 Å². The predicted octanol–water partition coefficient (Wildman–Crippen LogP) is 3.62. The lowest BCUT2D eigenvalue weighted by atomic mass is 9.60. The summed E-state index contributed by atoms with van der Waals surface area (Å²) in [7, 11) is 0. The van der Waals surface area contributed by atoms with Gasteiger partial charge in [0.2, 0.25) is 0 Å². The normalized spacial score (nSPS) is 44.4. The largest absolute Gasteiger partial charge is 0.481 e. The Bertz CT molecular complexity index is 372. The number of carbonyl (C=O) groups is 1. The topological polar surface area (TPSA) is 49.8 Å². The maximum Gasteiger partial charge on any atom is 0.309 e. The summed E-state index contributed by atoms with van der Waals surface area (Å²) in [5, 5.41) is 9.66. The highest BCUT2D eigenvalue weighted by Crippen LogP contribution is 2.56. The Morgan fingerprint density at radius 3 is 2.53 bits per heavy atom. The number of hydrogen-bond donors (Lipinski definition) is 1. The molecule has 1 saturated heterocycles. The molecule has 1 N–H and O–H groups in total. The molecule has 0 bridgehead atoms. The lowest BCUT2D eigenvalue weighted by Crippen LogP contribution is -2.44. The molecule has 19 heavy (non-hydrogen) atoms. The molecule has 0 aromatic heterocycles. The Kier molecular flexibility index (Phi) is 3.16. The van der Waals surface area contributed by atoms with Crippen molar-refractivity contribution in [3.8, 4) is 0 Å². The first-order valence-electron chi connectivity index (χ1n) is 7.84. The first kappa shape index (κ1) is 13.4. The van der Waals surface area contributed by atoms with Gasteiger partial charge in [-0.05, 0) is 44.4 Å². The van der Waals surface area contributed by atoms with Crippen LogP contribution in [-0.4, -0.2) is 23.3 Å². The van der Waals surface area contributed by atoms with Crippen LogP contribution in [0.5, 0.6) is 0 Å². The molecule has 0 amide bonds. The Morgan fingerprint density at radius 2 is 1.89 bits per heavy atom. The predicted molar refractivity (Wildman–Crippen MR) is 72.9 cm³/mol. The lowest BCUT2D eigenvalue weighted by Gasteiger charge is -2.43. The molecule has 2 aliphatic carbocycles. The molecule has 1 heterocycles. The summed E-state index contributed by atoms with van der Waals surface area (Å²) in [6.45, 7) is 4.31. The van der Waals surface area contributed by atoms with Gasteiger partial charge in [0.15, 0.2) is 0 Å². The van der Waals surface area contributed by atoms with Gasteiger partial charge in [-0.2, -0.15) is 0 Å². The molecule has 4 unspecified atom stereocenters. The number of carboxylic acids is 1. The van der Waals surface area contributed by atoms with Crippen molar-refractivity contribution in [1.82, 2.24) is 0 Å². The average molecular weight is 266 g/mol. The zero-order valence-corrected chi connectivity index (χ0v) is 12.2. The van der Waals surface area contributed by atoms with E-state index in [0.717, 1.165) is 19.3 Å². The van der Waals surface area contributed by atoms with Gasteiger partial charge in [-0.15, -0.1) is 0 Å². The summed E-state index contributed by atoms with van der Waals surface area (Å²) in [6.07, 6.45) is 9.83. The fourth-order valence-corrected chi connectivity index (χ4v) is 4.48. The van der Waals surface area contributed by atoms with Gasteiger partial charge in [0.25, 0.3) is 0 Å². The Morgan fingerprint density at radius 1 is 1.21 bits per heavy atom. The van der Waals surface area contributed by atoms with Crippen molar-refractivity contribution in [1.29, 1.82) is 0 Å². The van der Waals surface area contributed by atoms with Crippen LogP contribution in [0.25, 0.3) is 0 Å². The van der Waals surface area contributed by atoms with Gasteiger partial charge < -0.3 is 9.84 Å². The quantitative estimate of drug-likeness (QED) is 0.794. The summed E-state index contributed by atoms with van der Waals surface area (Å²) < 4.78 is 5.76. The Labute approximate surface area is 115 Å². The summed E-state index contributed by atoms with van der Waals surface area (Å²) >= 11 is 0. The smallest absolute Gasteiger partial charge is 0.309 e. The third-order valence-corrected chi connectivity index (χ3v) is 6.05. The molecule has 1 aliphatic heterocycles. The van der Waals surface area contributed by atoms with E-state index >= 15 is 0 Å². The number of epoxide rings is 1. The van der Waals surface area contributed by atoms with E-state index < -0.39 is 11.4 Å². The SMILES string of the molecule is CC1(CC2C3OC3CCC2(C)C(=O)O)CCCCC1. The second-order valence-corrected chi connectivity index (χ2v) is 7.58. The fourth-order valence-electron chi connectivity index (χ4n) is 4.48. The highest BCUT2D eigenvalue weighted by Gasteiger charge is 2.60. The standard InChI is InChI=1S/C16H26O3/c1-15(7-4-3-5-8-15)10-11-13-12(19-13)6-9-16(11,2)14(17)18/h11-13H,3-10H2,1-2H3,(H,17,18). The first-order valence-corrected chi connectivity index (χ1v) is 7.84. The highest BCUT2D eigenvalue weighted by molar-refractivity contribution is 5.75. The van der Waals surface area contributed by atoms with E-state index in [1.807, 2.05) is 6.92 Å². The van der Waals surface area contributed by atoms with Crippen LogP contribution < -0.4 is 0 Å². The van der Waals surface area contributed by atoms with Gasteiger partial charge in [0.05, 0.1) is 17.6 Å². The second kappa shape index (κ2) is 4.47. The van der Waals surface area contributed by atoms with Crippen LogP contribution in [0, 0.1) is 16.7 Å². The summed E-state index contributed by atoms with van der Waals surface area (Å²) in [4.78, 5) is 11.7. The fraction of sp³-hybridized carbons (Fsp3) is 0.938. The molecule has 0 radical (unpaired) electrons. The second-order valence-electron chi connectivity index (χ2n) is 7.58. The lowest BCUT2D eigenvalue weighted by molar-refractivity contribution is -0.154. The van der Waals surface area contributed by atoms with Crippen LogP contribution in [0.4, 0.5) is 0 Å². The van der Waals surface area contributed by atoms with Gasteiger partial charge in [0.1, 0.15) is 0 Å². The molecule has 3 aliphatic rings. The Hall–Kier alpha value is -0.570. The monoisotopic (exact) mass is 266 g/mol. The molecule has 0 aromatic rings. The zero-order valence-electron chi connectivity index (χ0n) is 12.2. The molecule has 0 aromatic carbocycles. The van der Waals surface area contributed by atoms with Crippen molar-refractivity contribution in [3.05, 3.63) is 0 Å². The highest BCUT2D eigenvalue weighted by atomic mass is 16.6. The molecule has 3 fully saturated rings. The molecular formula is C16H26O3. The van der Waals surface area contributed by atoms with Gasteiger partial charge in [-0.25, -0.2) is 0 Å². The van der Waals surface area contributed by atoms with Crippen LogP contribution in [0.2, 0.25) is 0 Å². The van der Waals surface area contributed by atoms with Gasteiger partial charge in [0, 0.05) is 5.92 Å². The molecular weight excluding hydrogens is 240 g/mol. The summed E-state index contributed by atoms with van der Waals surface area (Å²) in [5.74, 6) is -0.405. The van der Waals surface area contributed by atoms with E-state index in [0.29, 0.717) is 11.5 Å². The molecule has 4 atom stereocenters. The van der Waals surface area contributed by atoms with E-state index in [-0.39, 0.29) is 12.0 Å². The van der Waals surface area contributed by atoms with Gasteiger partial charge in [-0.3, -0.25) is 4.79 Å². The zero-order chi connectivity index (χ0) is 13.7. The number of carboxylic acid groups (broad SMARTS) is 1. The number of ether oxygens (including phenoxy) is 1. The molecule has 3 rings (SSSR count). The number of fused-ring (bicyclic) bond motifs is 1. The van der Waals surface area contributed by atoms with Crippen molar-refractivity contribution in [2.75, 3.05) is 0 Å². The minimum absolute atomic E-state index is 0.215. The molecule has 3 nitrogen and oxygen atoms in total. The average Bonchev–Trinajstić information content (AvgIpc) is 3.13. The van der Waals surface area contributed by atoms with Crippen molar-refractivity contribution in [2.24, 2.45) is 16.7 Å². The molecule has 3 heteroatoms. The summed E-state index contributed by atoms with van der Waals surface area (Å²) in [6, 6.07) is 0. The molecule has 108 valence electrons. The number of rotatable bonds is 3. The first-order chi connectivity index (χ1) is 8.95. The van der Waals surface area contributed by atoms with E-state index in [1.54, 1.807) is 0 Å². The van der Waals surface area contributed by atoms with E-state index in [1.165, 1.54) is 32.1 Å².